The van der Waals surface area contributed by atoms with Crippen molar-refractivity contribution in [1.82, 2.24) is 15.5 Å². The van der Waals surface area contributed by atoms with E-state index in [9.17, 15) is 9.59 Å². The molecule has 0 saturated carbocycles. The summed E-state index contributed by atoms with van der Waals surface area (Å²) in [5.41, 5.74) is 2.45. The molecule has 27 heavy (non-hydrogen) atoms. The smallest absolute Gasteiger partial charge is 0.244 e. The Labute approximate surface area is 156 Å². The summed E-state index contributed by atoms with van der Waals surface area (Å²) in [7, 11) is 1.59. The Balaban J connectivity index is 1.53. The number of rotatable bonds is 7. The fourth-order valence-corrected chi connectivity index (χ4v) is 2.60. The Hall–Kier alpha value is -3.61. The third-order valence-corrected chi connectivity index (χ3v) is 3.90. The Morgan fingerprint density at radius 3 is 2.56 bits per heavy atom. The lowest BCUT2D eigenvalue weighted by molar-refractivity contribution is -0.123. The van der Waals surface area contributed by atoms with Gasteiger partial charge >= 0.3 is 0 Å². The van der Waals surface area contributed by atoms with Crippen molar-refractivity contribution in [2.24, 2.45) is 0 Å². The van der Waals surface area contributed by atoms with Crippen LogP contribution in [0.25, 0.3) is 11.3 Å². The molecule has 1 heterocycles. The van der Waals surface area contributed by atoms with E-state index in [1.54, 1.807) is 13.2 Å². The van der Waals surface area contributed by atoms with Crippen LogP contribution in [-0.2, 0) is 16.0 Å². The molecule has 0 aliphatic carbocycles. The van der Waals surface area contributed by atoms with E-state index in [1.807, 2.05) is 54.6 Å². The zero-order valence-corrected chi connectivity index (χ0v) is 14.9. The second-order valence-electron chi connectivity index (χ2n) is 5.85. The van der Waals surface area contributed by atoms with E-state index in [4.69, 9.17) is 4.74 Å². The van der Waals surface area contributed by atoms with Crippen molar-refractivity contribution in [3.8, 4) is 17.0 Å². The van der Waals surface area contributed by atoms with Crippen LogP contribution in [0.15, 0.2) is 60.7 Å². The molecule has 1 aromatic heterocycles. The average molecular weight is 364 g/mol. The molecule has 3 rings (SSSR count). The van der Waals surface area contributed by atoms with Crippen LogP contribution in [0.1, 0.15) is 5.56 Å². The fraction of sp³-hybridized carbons (Fsp3) is 0.150. The molecule has 3 aromatic rings. The minimum absolute atomic E-state index is 0.123. The van der Waals surface area contributed by atoms with Crippen molar-refractivity contribution in [1.29, 1.82) is 0 Å². The first kappa shape index (κ1) is 18.2. The molecule has 0 spiro atoms. The number of nitrogens with zero attached hydrogens (tertiary/aromatic N) is 1. The molecule has 0 bridgehead atoms. The minimum Gasteiger partial charge on any atom is -0.496 e. The molecule has 0 saturated heterocycles. The molecule has 0 radical (unpaired) electrons. The summed E-state index contributed by atoms with van der Waals surface area (Å²) >= 11 is 0. The van der Waals surface area contributed by atoms with Gasteiger partial charge in [0.2, 0.25) is 11.8 Å². The molecule has 0 fully saturated rings. The van der Waals surface area contributed by atoms with Crippen molar-refractivity contribution in [2.75, 3.05) is 19.0 Å². The maximum atomic E-state index is 12.0. The van der Waals surface area contributed by atoms with Crippen LogP contribution in [0.5, 0.6) is 5.75 Å². The van der Waals surface area contributed by atoms with Crippen LogP contribution in [0, 0.1) is 0 Å². The molecule has 0 aliphatic rings. The number of carbonyl (C=O) groups is 2. The summed E-state index contributed by atoms with van der Waals surface area (Å²) in [6.45, 7) is -0.123. The third kappa shape index (κ3) is 4.94. The quantitative estimate of drug-likeness (QED) is 0.600. The minimum atomic E-state index is -0.352. The lowest BCUT2D eigenvalue weighted by Gasteiger charge is -2.05. The van der Waals surface area contributed by atoms with E-state index in [0.717, 1.165) is 16.8 Å². The monoisotopic (exact) mass is 364 g/mol. The number of hydrogen-bond acceptors (Lipinski definition) is 4. The Bertz CT molecular complexity index is 922. The van der Waals surface area contributed by atoms with Gasteiger partial charge in [0.15, 0.2) is 5.82 Å². The standard InChI is InChI=1S/C20H20N4O3/c1-27-17-10-6-5-9-15(17)16-12-18(24-23-16)22-20(26)13-21-19(25)11-14-7-3-2-4-8-14/h2-10,12H,11,13H2,1H3,(H,21,25)(H2,22,23,24,26). The summed E-state index contributed by atoms with van der Waals surface area (Å²) in [5.74, 6) is 0.507. The van der Waals surface area contributed by atoms with Crippen molar-refractivity contribution < 1.29 is 14.3 Å². The summed E-state index contributed by atoms with van der Waals surface area (Å²) in [4.78, 5) is 23.9. The molecule has 0 unspecified atom stereocenters. The summed E-state index contributed by atoms with van der Waals surface area (Å²) in [5, 5.41) is 12.2. The molecule has 2 aromatic carbocycles. The van der Waals surface area contributed by atoms with E-state index in [1.165, 1.54) is 0 Å². The van der Waals surface area contributed by atoms with Gasteiger partial charge in [-0.15, -0.1) is 0 Å². The number of para-hydroxylation sites is 1. The van der Waals surface area contributed by atoms with Crippen LogP contribution >= 0.6 is 0 Å². The SMILES string of the molecule is COc1ccccc1-c1cc(NC(=O)CNC(=O)Cc2ccccc2)n[nH]1. The lowest BCUT2D eigenvalue weighted by Crippen LogP contribution is -2.33. The topological polar surface area (TPSA) is 96.1 Å². The van der Waals surface area contributed by atoms with E-state index in [2.05, 4.69) is 20.8 Å². The number of methoxy groups -OCH3 is 1. The van der Waals surface area contributed by atoms with Gasteiger partial charge in [0.05, 0.1) is 25.8 Å². The fourth-order valence-electron chi connectivity index (χ4n) is 2.60. The molecule has 138 valence electrons. The molecule has 0 aliphatic heterocycles. The molecule has 7 nitrogen and oxygen atoms in total. The highest BCUT2D eigenvalue weighted by Gasteiger charge is 2.11. The van der Waals surface area contributed by atoms with Crippen LogP contribution in [0.2, 0.25) is 0 Å². The number of carbonyl (C=O) groups excluding carboxylic acids is 2. The Kier molecular flexibility index (Phi) is 5.84. The number of benzene rings is 2. The van der Waals surface area contributed by atoms with Crippen LogP contribution in [-0.4, -0.2) is 35.7 Å². The van der Waals surface area contributed by atoms with Gasteiger partial charge in [0.25, 0.3) is 0 Å². The van der Waals surface area contributed by atoms with Gasteiger partial charge in [-0.1, -0.05) is 42.5 Å². The lowest BCUT2D eigenvalue weighted by atomic mass is 10.1. The summed E-state index contributed by atoms with van der Waals surface area (Å²) in [6.07, 6.45) is 0.231. The van der Waals surface area contributed by atoms with Crippen LogP contribution in [0.4, 0.5) is 5.82 Å². The molecular formula is C20H20N4O3. The van der Waals surface area contributed by atoms with Gasteiger partial charge in [-0.25, -0.2) is 0 Å². The first-order chi connectivity index (χ1) is 13.2. The molecular weight excluding hydrogens is 344 g/mol. The number of aromatic nitrogens is 2. The number of nitrogens with one attached hydrogen (secondary N) is 3. The van der Waals surface area contributed by atoms with Gasteiger partial charge in [-0.05, 0) is 17.7 Å². The van der Waals surface area contributed by atoms with Crippen LogP contribution < -0.4 is 15.4 Å². The van der Waals surface area contributed by atoms with E-state index < -0.39 is 0 Å². The van der Waals surface area contributed by atoms with Crippen molar-refractivity contribution in [3.05, 3.63) is 66.2 Å². The van der Waals surface area contributed by atoms with Gasteiger partial charge < -0.3 is 15.4 Å². The number of aromatic amines is 1. The predicted octanol–water partition coefficient (Wildman–Crippen LogP) is 2.38. The third-order valence-electron chi connectivity index (χ3n) is 3.90. The zero-order chi connectivity index (χ0) is 19.1. The first-order valence-corrected chi connectivity index (χ1v) is 8.45. The second kappa shape index (κ2) is 8.66. The normalized spacial score (nSPS) is 10.3. The van der Waals surface area contributed by atoms with Crippen LogP contribution in [0.3, 0.4) is 0 Å². The number of ether oxygens (including phenoxy) is 1. The number of amides is 2. The van der Waals surface area contributed by atoms with Gasteiger partial charge in [-0.2, -0.15) is 5.10 Å². The summed E-state index contributed by atoms with van der Waals surface area (Å²) < 4.78 is 5.32. The average Bonchev–Trinajstić information content (AvgIpc) is 3.15. The Morgan fingerprint density at radius 2 is 1.78 bits per heavy atom. The summed E-state index contributed by atoms with van der Waals surface area (Å²) in [6, 6.07) is 18.6. The molecule has 3 N–H and O–H groups in total. The number of H-pyrrole nitrogens is 1. The largest absolute Gasteiger partial charge is 0.496 e. The Morgan fingerprint density at radius 1 is 1.04 bits per heavy atom. The van der Waals surface area contributed by atoms with Crippen molar-refractivity contribution >= 4 is 17.6 Å². The number of hydrogen-bond donors (Lipinski definition) is 3. The van der Waals surface area contributed by atoms with Gasteiger partial charge in [0, 0.05) is 11.6 Å². The zero-order valence-electron chi connectivity index (χ0n) is 14.9. The maximum absolute atomic E-state index is 12.0. The van der Waals surface area contributed by atoms with Crippen molar-refractivity contribution in [2.45, 2.75) is 6.42 Å². The maximum Gasteiger partial charge on any atom is 0.244 e. The van der Waals surface area contributed by atoms with E-state index >= 15 is 0 Å². The van der Waals surface area contributed by atoms with Gasteiger partial charge in [-0.3, -0.25) is 14.7 Å². The van der Waals surface area contributed by atoms with Crippen molar-refractivity contribution in [3.63, 3.8) is 0 Å². The second-order valence-corrected chi connectivity index (χ2v) is 5.85. The number of anilines is 1. The highest BCUT2D eigenvalue weighted by molar-refractivity contribution is 5.94. The highest BCUT2D eigenvalue weighted by atomic mass is 16.5. The molecule has 2 amide bonds. The van der Waals surface area contributed by atoms with E-state index in [0.29, 0.717) is 11.6 Å². The van der Waals surface area contributed by atoms with Gasteiger partial charge in [0.1, 0.15) is 5.75 Å². The van der Waals surface area contributed by atoms with E-state index in [-0.39, 0.29) is 24.8 Å². The predicted molar refractivity (Wildman–Crippen MR) is 102 cm³/mol. The first-order valence-electron chi connectivity index (χ1n) is 8.45. The molecule has 7 heteroatoms. The highest BCUT2D eigenvalue weighted by Crippen LogP contribution is 2.29. The molecule has 0 atom stereocenters.